The Kier molecular flexibility index (Phi) is 2.51. The van der Waals surface area contributed by atoms with Crippen LogP contribution in [0.3, 0.4) is 0 Å². The van der Waals surface area contributed by atoms with Gasteiger partial charge in [-0.1, -0.05) is 6.07 Å². The normalized spacial score (nSPS) is 41.0. The molecule has 0 aromatic carbocycles. The van der Waals surface area contributed by atoms with E-state index in [1.54, 1.807) is 0 Å². The van der Waals surface area contributed by atoms with Gasteiger partial charge in [-0.15, -0.1) is 11.3 Å². The number of thiophene rings is 1. The highest BCUT2D eigenvalue weighted by Crippen LogP contribution is 2.54. The van der Waals surface area contributed by atoms with Crippen molar-refractivity contribution in [3.05, 3.63) is 22.4 Å². The predicted octanol–water partition coefficient (Wildman–Crippen LogP) is 3.73. The van der Waals surface area contributed by atoms with Crippen LogP contribution < -0.4 is 0 Å². The van der Waals surface area contributed by atoms with Gasteiger partial charge in [-0.3, -0.25) is 0 Å². The van der Waals surface area contributed by atoms with Gasteiger partial charge in [0.15, 0.2) is 0 Å². The third-order valence-electron chi connectivity index (χ3n) is 5.11. The van der Waals surface area contributed by atoms with Crippen LogP contribution in [-0.2, 0) is 4.74 Å². The molecule has 4 aliphatic carbocycles. The van der Waals surface area contributed by atoms with E-state index in [0.29, 0.717) is 11.8 Å². The topological polar surface area (TPSA) is 26.3 Å². The van der Waals surface area contributed by atoms with Gasteiger partial charge in [0.1, 0.15) is 11.0 Å². The van der Waals surface area contributed by atoms with E-state index in [0.717, 1.165) is 16.7 Å². The highest BCUT2D eigenvalue weighted by molar-refractivity contribution is 7.11. The summed E-state index contributed by atoms with van der Waals surface area (Å²) < 4.78 is 5.84. The molecule has 4 bridgehead atoms. The molecule has 0 atom stereocenters. The Morgan fingerprint density at radius 1 is 1.11 bits per heavy atom. The van der Waals surface area contributed by atoms with E-state index in [1.807, 2.05) is 17.5 Å². The van der Waals surface area contributed by atoms with Gasteiger partial charge in [0.2, 0.25) is 0 Å². The lowest BCUT2D eigenvalue weighted by Gasteiger charge is -2.53. The van der Waals surface area contributed by atoms with E-state index in [1.165, 1.54) is 43.4 Å². The van der Waals surface area contributed by atoms with Crippen LogP contribution >= 0.6 is 11.3 Å². The third-order valence-corrected chi connectivity index (χ3v) is 5.96. The molecule has 4 saturated carbocycles. The van der Waals surface area contributed by atoms with Crippen molar-refractivity contribution in [1.29, 1.82) is 0 Å². The molecule has 0 spiro atoms. The van der Waals surface area contributed by atoms with Crippen LogP contribution in [-0.4, -0.2) is 12.1 Å². The minimum atomic E-state index is -0.0949. The second kappa shape index (κ2) is 4.09. The summed E-state index contributed by atoms with van der Waals surface area (Å²) in [5, 5.41) is 1.94. The van der Waals surface area contributed by atoms with Gasteiger partial charge in [-0.05, 0) is 67.2 Å². The maximum Gasteiger partial charge on any atom is 0.348 e. The number of esters is 1. The Morgan fingerprint density at radius 3 is 2.33 bits per heavy atom. The summed E-state index contributed by atoms with van der Waals surface area (Å²) in [6.45, 7) is 0. The lowest BCUT2D eigenvalue weighted by molar-refractivity contribution is -0.101. The molecule has 0 amide bonds. The minimum absolute atomic E-state index is 0.0949. The third kappa shape index (κ3) is 1.71. The van der Waals surface area contributed by atoms with Crippen molar-refractivity contribution in [2.75, 3.05) is 0 Å². The minimum Gasteiger partial charge on any atom is -0.458 e. The second-order valence-corrected chi connectivity index (χ2v) is 7.23. The van der Waals surface area contributed by atoms with Gasteiger partial charge < -0.3 is 4.74 Å². The molecule has 0 radical (unpaired) electrons. The maximum absolute atomic E-state index is 12.1. The number of rotatable bonds is 2. The van der Waals surface area contributed by atoms with Crippen molar-refractivity contribution in [1.82, 2.24) is 0 Å². The van der Waals surface area contributed by atoms with Gasteiger partial charge >= 0.3 is 5.97 Å². The van der Waals surface area contributed by atoms with E-state index >= 15 is 0 Å². The molecule has 4 aliphatic rings. The van der Waals surface area contributed by atoms with Crippen molar-refractivity contribution in [2.45, 2.75) is 38.2 Å². The summed E-state index contributed by atoms with van der Waals surface area (Å²) in [5.41, 5.74) is 0. The van der Waals surface area contributed by atoms with E-state index in [2.05, 4.69) is 0 Å². The van der Waals surface area contributed by atoms with Gasteiger partial charge in [0.25, 0.3) is 0 Å². The smallest absolute Gasteiger partial charge is 0.348 e. The van der Waals surface area contributed by atoms with Crippen LogP contribution in [0, 0.1) is 23.7 Å². The lowest BCUT2D eigenvalue weighted by Crippen LogP contribution is -2.50. The first-order valence-electron chi connectivity index (χ1n) is 7.04. The molecule has 1 aromatic rings. The summed E-state index contributed by atoms with van der Waals surface area (Å²) in [6, 6.07) is 3.78. The zero-order valence-electron chi connectivity index (χ0n) is 10.4. The molecule has 18 heavy (non-hydrogen) atoms. The summed E-state index contributed by atoms with van der Waals surface area (Å²) >= 11 is 1.48. The Morgan fingerprint density at radius 2 is 1.78 bits per heavy atom. The van der Waals surface area contributed by atoms with Crippen molar-refractivity contribution >= 4 is 17.3 Å². The SMILES string of the molecule is O=C(OC1C2CC3CC(C2)CC1C3)c1cccs1. The fraction of sp³-hybridized carbons (Fsp3) is 0.667. The van der Waals surface area contributed by atoms with Crippen LogP contribution in [0.25, 0.3) is 0 Å². The zero-order valence-corrected chi connectivity index (χ0v) is 11.2. The largest absolute Gasteiger partial charge is 0.458 e. The number of hydrogen-bond donors (Lipinski definition) is 0. The fourth-order valence-corrected chi connectivity index (χ4v) is 5.25. The Hall–Kier alpha value is -0.830. The molecule has 0 aliphatic heterocycles. The number of ether oxygens (including phenoxy) is 1. The number of carbonyl (C=O) groups excluding carboxylic acids is 1. The molecule has 0 N–H and O–H groups in total. The first-order valence-corrected chi connectivity index (χ1v) is 7.92. The second-order valence-electron chi connectivity index (χ2n) is 6.28. The van der Waals surface area contributed by atoms with Gasteiger partial charge in [0, 0.05) is 0 Å². The van der Waals surface area contributed by atoms with E-state index in [-0.39, 0.29) is 12.1 Å². The molecule has 96 valence electrons. The molecule has 2 nitrogen and oxygen atoms in total. The maximum atomic E-state index is 12.1. The molecule has 4 fully saturated rings. The number of carbonyl (C=O) groups is 1. The number of hydrogen-bond acceptors (Lipinski definition) is 3. The quantitative estimate of drug-likeness (QED) is 0.759. The zero-order chi connectivity index (χ0) is 12.1. The lowest BCUT2D eigenvalue weighted by atomic mass is 9.55. The monoisotopic (exact) mass is 262 g/mol. The van der Waals surface area contributed by atoms with Gasteiger partial charge in [0.05, 0.1) is 0 Å². The highest BCUT2D eigenvalue weighted by Gasteiger charge is 2.49. The molecule has 1 heterocycles. The molecule has 0 unspecified atom stereocenters. The van der Waals surface area contributed by atoms with Gasteiger partial charge in [-0.25, -0.2) is 4.79 Å². The summed E-state index contributed by atoms with van der Waals surface area (Å²) in [5.74, 6) is 3.09. The summed E-state index contributed by atoms with van der Waals surface area (Å²) in [7, 11) is 0. The average Bonchev–Trinajstić information content (AvgIpc) is 2.86. The van der Waals surface area contributed by atoms with E-state index < -0.39 is 0 Å². The standard InChI is InChI=1S/C15H18O2S/c16-15(13-2-1-3-18-13)17-14-11-5-9-4-10(7-11)8-12(14)6-9/h1-3,9-12,14H,4-8H2. The van der Waals surface area contributed by atoms with Crippen LogP contribution in [0.1, 0.15) is 41.8 Å². The Bertz CT molecular complexity index is 423. The Labute approximate surface area is 111 Å². The van der Waals surface area contributed by atoms with Crippen molar-refractivity contribution < 1.29 is 9.53 Å². The molecule has 3 heteroatoms. The predicted molar refractivity (Wildman–Crippen MR) is 70.6 cm³/mol. The van der Waals surface area contributed by atoms with Crippen LogP contribution in [0.15, 0.2) is 17.5 Å². The molecule has 1 aromatic heterocycles. The highest BCUT2D eigenvalue weighted by atomic mass is 32.1. The molecule has 0 saturated heterocycles. The Balaban J connectivity index is 1.50. The molecular formula is C15H18O2S. The first-order chi connectivity index (χ1) is 8.79. The first kappa shape index (κ1) is 11.0. The molecular weight excluding hydrogens is 244 g/mol. The van der Waals surface area contributed by atoms with Crippen LogP contribution in [0.4, 0.5) is 0 Å². The van der Waals surface area contributed by atoms with Crippen LogP contribution in [0.5, 0.6) is 0 Å². The average molecular weight is 262 g/mol. The van der Waals surface area contributed by atoms with Crippen molar-refractivity contribution in [3.63, 3.8) is 0 Å². The van der Waals surface area contributed by atoms with E-state index in [4.69, 9.17) is 4.74 Å². The van der Waals surface area contributed by atoms with Crippen LogP contribution in [0.2, 0.25) is 0 Å². The van der Waals surface area contributed by atoms with Crippen molar-refractivity contribution in [2.24, 2.45) is 23.7 Å². The van der Waals surface area contributed by atoms with Crippen molar-refractivity contribution in [3.8, 4) is 0 Å². The summed E-state index contributed by atoms with van der Waals surface area (Å²) in [4.78, 5) is 12.8. The molecule has 5 rings (SSSR count). The fourth-order valence-electron chi connectivity index (χ4n) is 4.64. The summed E-state index contributed by atoms with van der Waals surface area (Å²) in [6.07, 6.45) is 6.86. The van der Waals surface area contributed by atoms with Gasteiger partial charge in [-0.2, -0.15) is 0 Å². The van der Waals surface area contributed by atoms with E-state index in [9.17, 15) is 4.79 Å².